The normalized spacial score (nSPS) is 15.6. The van der Waals surface area contributed by atoms with Crippen LogP contribution in [0.3, 0.4) is 0 Å². The van der Waals surface area contributed by atoms with Gasteiger partial charge >= 0.3 is 0 Å². The molecule has 1 fully saturated rings. The van der Waals surface area contributed by atoms with E-state index in [9.17, 15) is 9.59 Å². The zero-order chi connectivity index (χ0) is 21.9. The van der Waals surface area contributed by atoms with Crippen LogP contribution in [-0.4, -0.2) is 55.5 Å². The second kappa shape index (κ2) is 9.68. The van der Waals surface area contributed by atoms with Gasteiger partial charge in [0.2, 0.25) is 5.91 Å². The minimum atomic E-state index is -1.09. The van der Waals surface area contributed by atoms with Crippen LogP contribution in [0.15, 0.2) is 34.1 Å². The lowest BCUT2D eigenvalue weighted by atomic mass is 10.0. The number of thiophene rings is 1. The summed E-state index contributed by atoms with van der Waals surface area (Å²) in [6.45, 7) is 7.28. The van der Waals surface area contributed by atoms with Crippen LogP contribution in [0.5, 0.6) is 0 Å². The van der Waals surface area contributed by atoms with Crippen LogP contribution >= 0.6 is 38.9 Å². The number of hydrogen-bond donors (Lipinski definition) is 2. The van der Waals surface area contributed by atoms with E-state index in [0.29, 0.717) is 15.6 Å². The molecular formula is C21H26BrClN4O2S. The predicted molar refractivity (Wildman–Crippen MR) is 128 cm³/mol. The van der Waals surface area contributed by atoms with Crippen LogP contribution in [0.4, 0.5) is 11.4 Å². The average molecular weight is 514 g/mol. The molecule has 2 amide bonds. The highest BCUT2D eigenvalue weighted by molar-refractivity contribution is 9.11. The molecule has 6 nitrogen and oxygen atoms in total. The number of anilines is 2. The smallest absolute Gasteiger partial charge is 0.262 e. The van der Waals surface area contributed by atoms with E-state index in [-0.39, 0.29) is 11.8 Å². The molecule has 1 aliphatic rings. The van der Waals surface area contributed by atoms with Gasteiger partial charge in [0.05, 0.1) is 19.4 Å². The summed E-state index contributed by atoms with van der Waals surface area (Å²) in [6, 6.07) is 9.08. The standard InChI is InChI=1S/C21H26BrClN4O2S/c1-21(2,25-19(28)17-7-8-18(22)30-17)20(29)24-14-5-6-16(15(23)13-14)27-10-4-9-26(3)11-12-27/h5-8,13H,4,9-12H2,1-3H3,(H,24,29)(H,25,28). The highest BCUT2D eigenvalue weighted by Crippen LogP contribution is 2.30. The zero-order valence-corrected chi connectivity index (χ0v) is 20.5. The van der Waals surface area contributed by atoms with Crippen molar-refractivity contribution >= 4 is 62.1 Å². The molecule has 1 aliphatic heterocycles. The van der Waals surface area contributed by atoms with Gasteiger partial charge in [-0.25, -0.2) is 0 Å². The molecule has 2 aromatic rings. The summed E-state index contributed by atoms with van der Waals surface area (Å²) in [5, 5.41) is 6.25. The first-order valence-corrected chi connectivity index (χ1v) is 11.8. The average Bonchev–Trinajstić information content (AvgIpc) is 3.00. The predicted octanol–water partition coefficient (Wildman–Crippen LogP) is 4.45. The van der Waals surface area contributed by atoms with E-state index in [0.717, 1.165) is 42.1 Å². The minimum Gasteiger partial charge on any atom is -0.369 e. The number of benzene rings is 1. The maximum Gasteiger partial charge on any atom is 0.262 e. The summed E-state index contributed by atoms with van der Waals surface area (Å²) in [5.41, 5.74) is 0.483. The Kier molecular flexibility index (Phi) is 7.44. The molecule has 30 heavy (non-hydrogen) atoms. The van der Waals surface area contributed by atoms with E-state index in [2.05, 4.69) is 43.4 Å². The minimum absolute atomic E-state index is 0.287. The molecular weight excluding hydrogens is 488 g/mol. The first-order chi connectivity index (χ1) is 14.2. The second-order valence-corrected chi connectivity index (χ2v) is 10.8. The molecule has 2 heterocycles. The molecule has 0 saturated carbocycles. The number of nitrogens with one attached hydrogen (secondary N) is 2. The molecule has 0 atom stereocenters. The molecule has 1 aromatic carbocycles. The second-order valence-electron chi connectivity index (χ2n) is 7.95. The largest absolute Gasteiger partial charge is 0.369 e. The highest BCUT2D eigenvalue weighted by Gasteiger charge is 2.30. The lowest BCUT2D eigenvalue weighted by Gasteiger charge is -2.26. The number of likely N-dealkylation sites (N-methyl/N-ethyl adjacent to an activating group) is 1. The van der Waals surface area contributed by atoms with Gasteiger partial charge in [0.15, 0.2) is 0 Å². The fourth-order valence-electron chi connectivity index (χ4n) is 3.25. The van der Waals surface area contributed by atoms with Gasteiger partial charge in [-0.2, -0.15) is 0 Å². The lowest BCUT2D eigenvalue weighted by molar-refractivity contribution is -0.120. The van der Waals surface area contributed by atoms with Crippen molar-refractivity contribution in [2.24, 2.45) is 0 Å². The van der Waals surface area contributed by atoms with E-state index in [1.807, 2.05) is 12.1 Å². The first kappa shape index (κ1) is 23.1. The van der Waals surface area contributed by atoms with Crippen LogP contribution in [0.1, 0.15) is 29.9 Å². The van der Waals surface area contributed by atoms with E-state index < -0.39 is 5.54 Å². The summed E-state index contributed by atoms with van der Waals surface area (Å²) >= 11 is 11.2. The molecule has 1 saturated heterocycles. The first-order valence-electron chi connectivity index (χ1n) is 9.78. The molecule has 0 spiro atoms. The number of rotatable bonds is 5. The van der Waals surface area contributed by atoms with Crippen molar-refractivity contribution in [3.8, 4) is 0 Å². The number of nitrogens with zero attached hydrogens (tertiary/aromatic N) is 2. The van der Waals surface area contributed by atoms with Gasteiger partial charge in [0.25, 0.3) is 5.91 Å². The Morgan fingerprint density at radius 1 is 1.13 bits per heavy atom. The van der Waals surface area contributed by atoms with Crippen molar-refractivity contribution in [1.82, 2.24) is 10.2 Å². The van der Waals surface area contributed by atoms with Crippen molar-refractivity contribution in [3.63, 3.8) is 0 Å². The summed E-state index contributed by atoms with van der Waals surface area (Å²) in [4.78, 5) is 30.4. The maximum absolute atomic E-state index is 12.8. The number of halogens is 2. The number of carbonyl (C=O) groups is 2. The SMILES string of the molecule is CN1CCCN(c2ccc(NC(=O)C(C)(C)NC(=O)c3ccc(Br)s3)cc2Cl)CC1. The highest BCUT2D eigenvalue weighted by atomic mass is 79.9. The number of hydrogen-bond acceptors (Lipinski definition) is 5. The van der Waals surface area contributed by atoms with Crippen molar-refractivity contribution in [2.45, 2.75) is 25.8 Å². The Bertz CT molecular complexity index is 933. The summed E-state index contributed by atoms with van der Waals surface area (Å²) in [7, 11) is 2.13. The maximum atomic E-state index is 12.8. The van der Waals surface area contributed by atoms with Crippen LogP contribution in [-0.2, 0) is 4.79 Å². The third kappa shape index (κ3) is 5.75. The Hall–Kier alpha value is -1.61. The monoisotopic (exact) mass is 512 g/mol. The van der Waals surface area contributed by atoms with Gasteiger partial charge in [0.1, 0.15) is 5.54 Å². The zero-order valence-electron chi connectivity index (χ0n) is 17.3. The molecule has 162 valence electrons. The van der Waals surface area contributed by atoms with Gasteiger partial charge in [-0.3, -0.25) is 9.59 Å². The van der Waals surface area contributed by atoms with E-state index in [1.54, 1.807) is 32.0 Å². The van der Waals surface area contributed by atoms with Gasteiger partial charge in [0, 0.05) is 25.3 Å². The van der Waals surface area contributed by atoms with Crippen LogP contribution < -0.4 is 15.5 Å². The Morgan fingerprint density at radius 2 is 1.90 bits per heavy atom. The topological polar surface area (TPSA) is 64.7 Å². The van der Waals surface area contributed by atoms with Gasteiger partial charge in [-0.05, 0) is 80.1 Å². The van der Waals surface area contributed by atoms with Crippen LogP contribution in [0, 0.1) is 0 Å². The summed E-state index contributed by atoms with van der Waals surface area (Å²) in [6.07, 6.45) is 1.08. The molecule has 9 heteroatoms. The Labute approximate surface area is 194 Å². The van der Waals surface area contributed by atoms with Crippen molar-refractivity contribution in [3.05, 3.63) is 44.0 Å². The van der Waals surface area contributed by atoms with Gasteiger partial charge < -0.3 is 20.4 Å². The molecule has 0 aliphatic carbocycles. The third-order valence-electron chi connectivity index (χ3n) is 5.06. The fourth-order valence-corrected chi connectivity index (χ4v) is 4.84. The molecule has 0 unspecified atom stereocenters. The Balaban J connectivity index is 1.65. The number of carbonyl (C=O) groups excluding carboxylic acids is 2. The quantitative estimate of drug-likeness (QED) is 0.620. The third-order valence-corrected chi connectivity index (χ3v) is 6.98. The van der Waals surface area contributed by atoms with E-state index in [4.69, 9.17) is 11.6 Å². The summed E-state index contributed by atoms with van der Waals surface area (Å²) < 4.78 is 0.862. The van der Waals surface area contributed by atoms with Crippen LogP contribution in [0.2, 0.25) is 5.02 Å². The fraction of sp³-hybridized carbons (Fsp3) is 0.429. The number of amides is 2. The van der Waals surface area contributed by atoms with Crippen molar-refractivity contribution < 1.29 is 9.59 Å². The summed E-state index contributed by atoms with van der Waals surface area (Å²) in [5.74, 6) is -0.600. The Morgan fingerprint density at radius 3 is 2.57 bits per heavy atom. The van der Waals surface area contributed by atoms with Crippen molar-refractivity contribution in [1.29, 1.82) is 0 Å². The molecule has 0 radical (unpaired) electrons. The molecule has 2 N–H and O–H groups in total. The van der Waals surface area contributed by atoms with Gasteiger partial charge in [-0.15, -0.1) is 11.3 Å². The van der Waals surface area contributed by atoms with Gasteiger partial charge in [-0.1, -0.05) is 11.6 Å². The molecule has 3 rings (SSSR count). The van der Waals surface area contributed by atoms with E-state index >= 15 is 0 Å². The van der Waals surface area contributed by atoms with Crippen LogP contribution in [0.25, 0.3) is 0 Å². The molecule has 1 aromatic heterocycles. The lowest BCUT2D eigenvalue weighted by Crippen LogP contribution is -2.52. The van der Waals surface area contributed by atoms with Crippen molar-refractivity contribution in [2.75, 3.05) is 43.4 Å². The molecule has 0 bridgehead atoms. The van der Waals surface area contributed by atoms with E-state index in [1.165, 1.54) is 11.3 Å².